The zero-order valence-corrected chi connectivity index (χ0v) is 19.5. The van der Waals surface area contributed by atoms with Gasteiger partial charge in [-0.05, 0) is 55.5 Å². The van der Waals surface area contributed by atoms with E-state index >= 15 is 0 Å². The molecule has 0 bridgehead atoms. The number of rotatable bonds is 6. The second-order valence-corrected chi connectivity index (χ2v) is 8.47. The highest BCUT2D eigenvalue weighted by atomic mass is 35.5. The zero-order chi connectivity index (χ0) is 22.7. The van der Waals surface area contributed by atoms with Crippen molar-refractivity contribution in [3.05, 3.63) is 59.7 Å². The second-order valence-electron chi connectivity index (χ2n) is 8.47. The van der Waals surface area contributed by atoms with Gasteiger partial charge in [0.15, 0.2) is 11.6 Å². The standard InChI is InChI=1S/C24H27F2N5O.ClH/c1-31(2)23-18-5-3-4-6-21(18)29-24(30-23)28-17-10-8-16(9-11-17)27-22(32)14-15-7-12-19(25)20(26)13-15;/h3-7,12-13,16-17H,8-11,14H2,1-2H3,(H,27,32)(H,28,29,30);1H. The van der Waals surface area contributed by atoms with E-state index in [-0.39, 0.29) is 36.8 Å². The third kappa shape index (κ3) is 6.07. The number of aromatic nitrogens is 2. The predicted molar refractivity (Wildman–Crippen MR) is 129 cm³/mol. The first-order valence-corrected chi connectivity index (χ1v) is 10.8. The number of carbonyl (C=O) groups is 1. The van der Waals surface area contributed by atoms with E-state index < -0.39 is 11.6 Å². The van der Waals surface area contributed by atoms with Gasteiger partial charge in [-0.3, -0.25) is 4.79 Å². The Morgan fingerprint density at radius 2 is 1.70 bits per heavy atom. The SMILES string of the molecule is CN(C)c1nc(NC2CCC(NC(=O)Cc3ccc(F)c(F)c3)CC2)nc2ccccc12.Cl. The van der Waals surface area contributed by atoms with Gasteiger partial charge >= 0.3 is 0 Å². The van der Waals surface area contributed by atoms with Crippen LogP contribution in [0.15, 0.2) is 42.5 Å². The summed E-state index contributed by atoms with van der Waals surface area (Å²) in [7, 11) is 3.93. The third-order valence-electron chi connectivity index (χ3n) is 5.78. The smallest absolute Gasteiger partial charge is 0.225 e. The Balaban J connectivity index is 0.00000306. The predicted octanol–water partition coefficient (Wildman–Crippen LogP) is 4.48. The minimum absolute atomic E-state index is 0. The third-order valence-corrected chi connectivity index (χ3v) is 5.78. The molecule has 1 saturated carbocycles. The quantitative estimate of drug-likeness (QED) is 0.550. The van der Waals surface area contributed by atoms with Crippen LogP contribution in [0.2, 0.25) is 0 Å². The molecule has 0 saturated heterocycles. The molecule has 4 rings (SSSR count). The average Bonchev–Trinajstić information content (AvgIpc) is 2.77. The number of anilines is 2. The average molecular weight is 476 g/mol. The maximum absolute atomic E-state index is 13.3. The minimum Gasteiger partial charge on any atom is -0.362 e. The van der Waals surface area contributed by atoms with Gasteiger partial charge in [0.05, 0.1) is 11.9 Å². The van der Waals surface area contributed by atoms with Crippen LogP contribution in [0.5, 0.6) is 0 Å². The van der Waals surface area contributed by atoms with Crippen LogP contribution in [0.4, 0.5) is 20.5 Å². The van der Waals surface area contributed by atoms with Crippen molar-refractivity contribution in [3.63, 3.8) is 0 Å². The van der Waals surface area contributed by atoms with Crippen LogP contribution < -0.4 is 15.5 Å². The summed E-state index contributed by atoms with van der Waals surface area (Å²) in [5, 5.41) is 7.48. The van der Waals surface area contributed by atoms with Gasteiger partial charge in [0.2, 0.25) is 11.9 Å². The molecule has 6 nitrogen and oxygen atoms in total. The maximum Gasteiger partial charge on any atom is 0.225 e. The van der Waals surface area contributed by atoms with Crippen molar-refractivity contribution in [1.29, 1.82) is 0 Å². The molecule has 0 aliphatic heterocycles. The number of carbonyl (C=O) groups excluding carboxylic acids is 1. The van der Waals surface area contributed by atoms with E-state index in [1.54, 1.807) is 0 Å². The van der Waals surface area contributed by atoms with Crippen LogP contribution in [-0.4, -0.2) is 42.1 Å². The van der Waals surface area contributed by atoms with Crippen molar-refractivity contribution in [1.82, 2.24) is 15.3 Å². The summed E-state index contributed by atoms with van der Waals surface area (Å²) in [6, 6.07) is 11.8. The first-order chi connectivity index (χ1) is 15.4. The Morgan fingerprint density at radius 3 is 2.39 bits per heavy atom. The lowest BCUT2D eigenvalue weighted by atomic mass is 9.91. The maximum atomic E-state index is 13.3. The molecule has 0 unspecified atom stereocenters. The number of halogens is 3. The van der Waals surface area contributed by atoms with Gasteiger partial charge < -0.3 is 15.5 Å². The number of hydrogen-bond acceptors (Lipinski definition) is 5. The summed E-state index contributed by atoms with van der Waals surface area (Å²) in [5.41, 5.74) is 1.36. The lowest BCUT2D eigenvalue weighted by Gasteiger charge is -2.30. The van der Waals surface area contributed by atoms with Gasteiger partial charge in [-0.25, -0.2) is 13.8 Å². The van der Waals surface area contributed by atoms with E-state index in [0.29, 0.717) is 11.5 Å². The van der Waals surface area contributed by atoms with Crippen LogP contribution in [0.3, 0.4) is 0 Å². The Hall–Kier alpha value is -3.00. The zero-order valence-electron chi connectivity index (χ0n) is 18.6. The number of benzene rings is 2. The molecule has 2 aromatic carbocycles. The summed E-state index contributed by atoms with van der Waals surface area (Å²) in [4.78, 5) is 23.7. The topological polar surface area (TPSA) is 70.2 Å². The van der Waals surface area contributed by atoms with Crippen molar-refractivity contribution in [2.24, 2.45) is 0 Å². The molecule has 9 heteroatoms. The summed E-state index contributed by atoms with van der Waals surface area (Å²) in [6.07, 6.45) is 3.45. The molecule has 1 aliphatic carbocycles. The molecule has 2 N–H and O–H groups in total. The van der Waals surface area contributed by atoms with Crippen molar-refractivity contribution in [2.75, 3.05) is 24.3 Å². The summed E-state index contributed by atoms with van der Waals surface area (Å²) >= 11 is 0. The summed E-state index contributed by atoms with van der Waals surface area (Å²) in [5.74, 6) is -0.543. The highest BCUT2D eigenvalue weighted by molar-refractivity contribution is 5.90. The fourth-order valence-electron chi connectivity index (χ4n) is 4.14. The van der Waals surface area contributed by atoms with Crippen LogP contribution in [-0.2, 0) is 11.2 Å². The molecule has 1 heterocycles. The molecule has 0 radical (unpaired) electrons. The minimum atomic E-state index is -0.935. The van der Waals surface area contributed by atoms with Crippen molar-refractivity contribution in [2.45, 2.75) is 44.2 Å². The summed E-state index contributed by atoms with van der Waals surface area (Å²) in [6.45, 7) is 0. The number of fused-ring (bicyclic) bond motifs is 1. The van der Waals surface area contributed by atoms with Gasteiger partial charge in [0, 0.05) is 31.6 Å². The van der Waals surface area contributed by atoms with Crippen LogP contribution in [0.1, 0.15) is 31.2 Å². The molecule has 1 fully saturated rings. The first kappa shape index (κ1) is 24.6. The first-order valence-electron chi connectivity index (χ1n) is 10.8. The molecule has 1 amide bonds. The monoisotopic (exact) mass is 475 g/mol. The van der Waals surface area contributed by atoms with Gasteiger partial charge in [-0.2, -0.15) is 4.98 Å². The molecular formula is C24H28ClF2N5O. The highest BCUT2D eigenvalue weighted by Gasteiger charge is 2.23. The Labute approximate surface area is 198 Å². The van der Waals surface area contributed by atoms with Crippen LogP contribution in [0, 0.1) is 11.6 Å². The molecule has 0 atom stereocenters. The van der Waals surface area contributed by atoms with E-state index in [9.17, 15) is 13.6 Å². The van der Waals surface area contributed by atoms with Crippen LogP contribution >= 0.6 is 12.4 Å². The fraction of sp³-hybridized carbons (Fsp3) is 0.375. The van der Waals surface area contributed by atoms with E-state index in [1.165, 1.54) is 6.07 Å². The Bertz CT molecular complexity index is 1120. The van der Waals surface area contributed by atoms with E-state index in [4.69, 9.17) is 4.98 Å². The number of nitrogens with one attached hydrogen (secondary N) is 2. The lowest BCUT2D eigenvalue weighted by Crippen LogP contribution is -2.41. The Kier molecular flexibility index (Phi) is 8.02. The fourth-order valence-corrected chi connectivity index (χ4v) is 4.14. The lowest BCUT2D eigenvalue weighted by molar-refractivity contribution is -0.121. The van der Waals surface area contributed by atoms with Gasteiger partial charge in [0.1, 0.15) is 5.82 Å². The van der Waals surface area contributed by atoms with E-state index in [2.05, 4.69) is 15.6 Å². The van der Waals surface area contributed by atoms with Gasteiger partial charge in [-0.15, -0.1) is 12.4 Å². The number of amides is 1. The number of hydrogen-bond donors (Lipinski definition) is 2. The number of nitrogens with zero attached hydrogens (tertiary/aromatic N) is 3. The molecule has 33 heavy (non-hydrogen) atoms. The van der Waals surface area contributed by atoms with Crippen molar-refractivity contribution in [3.8, 4) is 0 Å². The van der Waals surface area contributed by atoms with Gasteiger partial charge in [0.25, 0.3) is 0 Å². The summed E-state index contributed by atoms with van der Waals surface area (Å²) < 4.78 is 26.4. The molecular weight excluding hydrogens is 448 g/mol. The molecule has 1 aromatic heterocycles. The van der Waals surface area contributed by atoms with E-state index in [1.807, 2.05) is 43.3 Å². The molecule has 176 valence electrons. The normalized spacial score (nSPS) is 17.8. The molecule has 0 spiro atoms. The van der Waals surface area contributed by atoms with Gasteiger partial charge in [-0.1, -0.05) is 18.2 Å². The Morgan fingerprint density at radius 1 is 1.00 bits per heavy atom. The van der Waals surface area contributed by atoms with E-state index in [0.717, 1.165) is 54.5 Å². The molecule has 3 aromatic rings. The largest absolute Gasteiger partial charge is 0.362 e. The highest BCUT2D eigenvalue weighted by Crippen LogP contribution is 2.26. The molecule has 1 aliphatic rings. The second kappa shape index (κ2) is 10.7. The van der Waals surface area contributed by atoms with Crippen LogP contribution in [0.25, 0.3) is 10.9 Å². The van der Waals surface area contributed by atoms with Crippen molar-refractivity contribution >= 4 is 41.0 Å². The van der Waals surface area contributed by atoms with Crippen molar-refractivity contribution < 1.29 is 13.6 Å². The number of para-hydroxylation sites is 1.